The molecule has 0 bridgehead atoms. The molecule has 0 N–H and O–H groups in total. The monoisotopic (exact) mass is 442 g/mol. The molecule has 3 rings (SSSR count). The molecule has 162 valence electrons. The first-order valence-corrected chi connectivity index (χ1v) is 11.0. The van der Waals surface area contributed by atoms with Gasteiger partial charge in [-0.05, 0) is 53.1 Å². The van der Waals surface area contributed by atoms with Crippen LogP contribution in [0.15, 0.2) is 72.8 Å². The molecule has 0 aromatic heterocycles. The Labute approximate surface area is 195 Å². The maximum absolute atomic E-state index is 8.84. The molecule has 0 atom stereocenters. The van der Waals surface area contributed by atoms with Gasteiger partial charge in [0.05, 0.1) is 25.0 Å². The zero-order valence-electron chi connectivity index (χ0n) is 18.5. The fourth-order valence-corrected chi connectivity index (χ4v) is 3.89. The van der Waals surface area contributed by atoms with Gasteiger partial charge in [0, 0.05) is 49.5 Å². The Morgan fingerprint density at radius 2 is 1.00 bits per heavy atom. The van der Waals surface area contributed by atoms with Gasteiger partial charge >= 0.3 is 0 Å². The molecule has 3 aromatic rings. The fourth-order valence-electron chi connectivity index (χ4n) is 3.77. The lowest BCUT2D eigenvalue weighted by Crippen LogP contribution is -2.18. The van der Waals surface area contributed by atoms with E-state index in [0.717, 1.165) is 16.4 Å². The van der Waals surface area contributed by atoms with Crippen molar-refractivity contribution in [2.45, 2.75) is 18.8 Å². The van der Waals surface area contributed by atoms with Crippen LogP contribution >= 0.6 is 11.6 Å². The first-order valence-electron chi connectivity index (χ1n) is 10.6. The third-order valence-electron chi connectivity index (χ3n) is 5.66. The van der Waals surface area contributed by atoms with Crippen molar-refractivity contribution in [1.29, 1.82) is 10.5 Å². The quantitative estimate of drug-likeness (QED) is 0.369. The van der Waals surface area contributed by atoms with Crippen molar-refractivity contribution >= 4 is 23.0 Å². The molecule has 0 unspecified atom stereocenters. The van der Waals surface area contributed by atoms with Gasteiger partial charge in [-0.3, -0.25) is 0 Å². The lowest BCUT2D eigenvalue weighted by molar-refractivity contribution is 0.900. The van der Waals surface area contributed by atoms with Gasteiger partial charge in [0.1, 0.15) is 0 Å². The minimum atomic E-state index is 0.0733. The number of anilines is 2. The Morgan fingerprint density at radius 1 is 0.656 bits per heavy atom. The number of nitriles is 2. The van der Waals surface area contributed by atoms with Gasteiger partial charge in [0.15, 0.2) is 0 Å². The summed E-state index contributed by atoms with van der Waals surface area (Å²) in [7, 11) is 4.01. The van der Waals surface area contributed by atoms with Crippen LogP contribution in [0.2, 0.25) is 5.02 Å². The Morgan fingerprint density at radius 3 is 1.34 bits per heavy atom. The number of nitrogens with zero attached hydrogens (tertiary/aromatic N) is 4. The van der Waals surface area contributed by atoms with Crippen molar-refractivity contribution in [2.75, 3.05) is 37.0 Å². The summed E-state index contributed by atoms with van der Waals surface area (Å²) in [6, 6.07) is 29.5. The minimum Gasteiger partial charge on any atom is -0.374 e. The Balaban J connectivity index is 1.92. The summed E-state index contributed by atoms with van der Waals surface area (Å²) in [5.74, 6) is 0.0733. The van der Waals surface area contributed by atoms with Gasteiger partial charge in [-0.1, -0.05) is 48.0 Å². The highest BCUT2D eigenvalue weighted by atomic mass is 35.5. The third kappa shape index (κ3) is 5.82. The molecule has 0 saturated carbocycles. The zero-order valence-corrected chi connectivity index (χ0v) is 19.3. The van der Waals surface area contributed by atoms with Crippen molar-refractivity contribution in [1.82, 2.24) is 0 Å². The molecule has 5 heteroatoms. The van der Waals surface area contributed by atoms with E-state index >= 15 is 0 Å². The maximum Gasteiger partial charge on any atom is 0.0640 e. The van der Waals surface area contributed by atoms with E-state index in [2.05, 4.69) is 82.6 Å². The second-order valence-electron chi connectivity index (χ2n) is 7.83. The van der Waals surface area contributed by atoms with E-state index in [4.69, 9.17) is 22.1 Å². The highest BCUT2D eigenvalue weighted by Crippen LogP contribution is 2.34. The van der Waals surface area contributed by atoms with Gasteiger partial charge in [-0.25, -0.2) is 0 Å². The lowest BCUT2D eigenvalue weighted by atomic mass is 9.85. The molecule has 0 aliphatic heterocycles. The van der Waals surface area contributed by atoms with E-state index in [0.29, 0.717) is 25.9 Å². The molecule has 0 aliphatic carbocycles. The third-order valence-corrected chi connectivity index (χ3v) is 5.91. The van der Waals surface area contributed by atoms with Crippen molar-refractivity contribution in [3.05, 3.63) is 94.5 Å². The Kier molecular flexibility index (Phi) is 8.14. The van der Waals surface area contributed by atoms with E-state index in [-0.39, 0.29) is 5.92 Å². The predicted molar refractivity (Wildman–Crippen MR) is 132 cm³/mol. The SMILES string of the molecule is CN(CCC#N)c1ccc(C(c2ccc(Cl)cc2)c2ccc(N(C)CCC#N)cc2)cc1. The van der Waals surface area contributed by atoms with Crippen molar-refractivity contribution in [3.63, 3.8) is 0 Å². The highest BCUT2D eigenvalue weighted by Gasteiger charge is 2.17. The van der Waals surface area contributed by atoms with Crippen LogP contribution in [0.1, 0.15) is 35.4 Å². The summed E-state index contributed by atoms with van der Waals surface area (Å²) in [4.78, 5) is 4.19. The summed E-state index contributed by atoms with van der Waals surface area (Å²) >= 11 is 6.15. The van der Waals surface area contributed by atoms with Crippen molar-refractivity contribution in [3.8, 4) is 12.1 Å². The van der Waals surface area contributed by atoms with Crippen molar-refractivity contribution in [2.24, 2.45) is 0 Å². The molecule has 0 amide bonds. The molecular weight excluding hydrogens is 416 g/mol. The molecule has 0 spiro atoms. The van der Waals surface area contributed by atoms with Crippen LogP contribution in [0.4, 0.5) is 11.4 Å². The topological polar surface area (TPSA) is 54.1 Å². The summed E-state index contributed by atoms with van der Waals surface area (Å²) in [5, 5.41) is 18.4. The molecule has 3 aromatic carbocycles. The number of benzene rings is 3. The van der Waals surface area contributed by atoms with Gasteiger partial charge < -0.3 is 9.80 Å². The Bertz CT molecular complexity index is 1010. The van der Waals surface area contributed by atoms with Gasteiger partial charge in [-0.15, -0.1) is 0 Å². The molecular formula is C27H27ClN4. The Hall–Kier alpha value is -3.47. The number of hydrogen-bond acceptors (Lipinski definition) is 4. The first-order chi connectivity index (χ1) is 15.5. The van der Waals surface area contributed by atoms with E-state index in [1.165, 1.54) is 16.7 Å². The molecule has 0 fully saturated rings. The molecule has 32 heavy (non-hydrogen) atoms. The van der Waals surface area contributed by atoms with Crippen LogP contribution in [0.5, 0.6) is 0 Å². The second kappa shape index (κ2) is 11.2. The fraction of sp³-hybridized carbons (Fsp3) is 0.259. The summed E-state index contributed by atoms with van der Waals surface area (Å²) in [5.41, 5.74) is 5.73. The van der Waals surface area contributed by atoms with Gasteiger partial charge in [-0.2, -0.15) is 10.5 Å². The van der Waals surface area contributed by atoms with Crippen LogP contribution in [-0.4, -0.2) is 27.2 Å². The van der Waals surface area contributed by atoms with Crippen LogP contribution in [-0.2, 0) is 0 Å². The van der Waals surface area contributed by atoms with Gasteiger partial charge in [0.25, 0.3) is 0 Å². The number of rotatable bonds is 9. The normalized spacial score (nSPS) is 10.4. The summed E-state index contributed by atoms with van der Waals surface area (Å²) in [6.45, 7) is 1.41. The molecule has 0 saturated heterocycles. The molecule has 0 heterocycles. The van der Waals surface area contributed by atoms with E-state index in [1.54, 1.807) is 0 Å². The van der Waals surface area contributed by atoms with Crippen molar-refractivity contribution < 1.29 is 0 Å². The van der Waals surface area contributed by atoms with Crippen LogP contribution in [0, 0.1) is 22.7 Å². The van der Waals surface area contributed by atoms with Gasteiger partial charge in [0.2, 0.25) is 0 Å². The maximum atomic E-state index is 8.84. The smallest absolute Gasteiger partial charge is 0.0640 e. The number of hydrogen-bond donors (Lipinski definition) is 0. The van der Waals surface area contributed by atoms with E-state index < -0.39 is 0 Å². The van der Waals surface area contributed by atoms with Crippen LogP contribution in [0.25, 0.3) is 0 Å². The minimum absolute atomic E-state index is 0.0733. The summed E-state index contributed by atoms with van der Waals surface area (Å²) < 4.78 is 0. The summed E-state index contributed by atoms with van der Waals surface area (Å²) in [6.07, 6.45) is 1.00. The molecule has 0 aliphatic rings. The zero-order chi connectivity index (χ0) is 22.9. The predicted octanol–water partition coefficient (Wildman–Crippen LogP) is 6.22. The molecule has 0 radical (unpaired) electrons. The highest BCUT2D eigenvalue weighted by molar-refractivity contribution is 6.30. The first kappa shape index (κ1) is 23.2. The largest absolute Gasteiger partial charge is 0.374 e. The standard InChI is InChI=1S/C27H27ClN4/c1-31(19-3-17-29)25-13-7-22(8-14-25)27(21-5-11-24(28)12-6-21)23-9-15-26(16-10-23)32(2)20-4-18-30/h5-16,27H,3-4,19-20H2,1-2H3. The lowest BCUT2D eigenvalue weighted by Gasteiger charge is -2.23. The molecule has 4 nitrogen and oxygen atoms in total. The van der Waals surface area contributed by atoms with Crippen LogP contribution < -0.4 is 9.80 Å². The van der Waals surface area contributed by atoms with E-state index in [9.17, 15) is 0 Å². The second-order valence-corrected chi connectivity index (χ2v) is 8.26. The number of halogens is 1. The average molecular weight is 443 g/mol. The van der Waals surface area contributed by atoms with Crippen LogP contribution in [0.3, 0.4) is 0 Å². The van der Waals surface area contributed by atoms with E-state index in [1.807, 2.05) is 26.2 Å². The average Bonchev–Trinajstić information content (AvgIpc) is 2.83.